The second kappa shape index (κ2) is 4.47. The van der Waals surface area contributed by atoms with Gasteiger partial charge in [0.2, 0.25) is 0 Å². The Bertz CT molecular complexity index is 377. The van der Waals surface area contributed by atoms with E-state index in [1.807, 2.05) is 15.9 Å². The summed E-state index contributed by atoms with van der Waals surface area (Å²) in [5.41, 5.74) is -3.29. The van der Waals surface area contributed by atoms with Crippen molar-refractivity contribution in [2.75, 3.05) is 7.11 Å². The minimum atomic E-state index is -3.82. The largest absolute Gasteiger partial charge is 0.466 e. The number of rotatable bonds is 3. The Labute approximate surface area is 99.2 Å². The molecule has 0 fully saturated rings. The zero-order chi connectivity index (χ0) is 12.4. The van der Waals surface area contributed by atoms with E-state index in [1.165, 1.54) is 24.3 Å². The highest BCUT2D eigenvalue weighted by Gasteiger charge is 2.59. The molecule has 0 aliphatic rings. The van der Waals surface area contributed by atoms with Gasteiger partial charge < -0.3 is 9.84 Å². The third-order valence-electron chi connectivity index (χ3n) is 2.08. The SMILES string of the molecule is COC(=O)[C@](O)(c1ccccc1)C(F)(F)Br. The van der Waals surface area contributed by atoms with Gasteiger partial charge in [-0.2, -0.15) is 8.78 Å². The number of ether oxygens (including phenoxy) is 1. The van der Waals surface area contributed by atoms with Gasteiger partial charge >= 0.3 is 10.8 Å². The summed E-state index contributed by atoms with van der Waals surface area (Å²) in [5.74, 6) is -1.43. The Kier molecular flexibility index (Phi) is 3.64. The molecule has 0 saturated heterocycles. The normalized spacial score (nSPS) is 15.3. The van der Waals surface area contributed by atoms with Gasteiger partial charge in [0.1, 0.15) is 0 Å². The molecule has 6 heteroatoms. The minimum absolute atomic E-state index is 0.247. The van der Waals surface area contributed by atoms with Crippen molar-refractivity contribution in [3.8, 4) is 0 Å². The maximum absolute atomic E-state index is 13.3. The summed E-state index contributed by atoms with van der Waals surface area (Å²) in [6.07, 6.45) is 0. The van der Waals surface area contributed by atoms with Crippen LogP contribution in [0.25, 0.3) is 0 Å². The molecule has 0 radical (unpaired) electrons. The second-order valence-electron chi connectivity index (χ2n) is 3.07. The highest BCUT2D eigenvalue weighted by atomic mass is 79.9. The Balaban J connectivity index is 3.32. The van der Waals surface area contributed by atoms with Crippen molar-refractivity contribution < 1.29 is 23.4 Å². The molecule has 1 aromatic rings. The molecule has 1 aromatic carbocycles. The molecule has 1 N–H and O–H groups in total. The molecule has 0 saturated carbocycles. The number of hydrogen-bond acceptors (Lipinski definition) is 3. The van der Waals surface area contributed by atoms with Gasteiger partial charge in [-0.25, -0.2) is 4.79 Å². The fourth-order valence-electron chi connectivity index (χ4n) is 1.22. The minimum Gasteiger partial charge on any atom is -0.466 e. The number of hydrogen-bond donors (Lipinski definition) is 1. The lowest BCUT2D eigenvalue weighted by atomic mass is 9.94. The van der Waals surface area contributed by atoms with Crippen molar-refractivity contribution in [1.29, 1.82) is 0 Å². The Hall–Kier alpha value is -1.01. The third-order valence-corrected chi connectivity index (χ3v) is 2.66. The molecular weight excluding hydrogens is 286 g/mol. The fourth-order valence-corrected chi connectivity index (χ4v) is 1.62. The van der Waals surface area contributed by atoms with Crippen molar-refractivity contribution in [2.45, 2.75) is 10.4 Å². The zero-order valence-corrected chi connectivity index (χ0v) is 9.87. The van der Waals surface area contributed by atoms with Gasteiger partial charge in [-0.05, 0) is 15.9 Å². The van der Waals surface area contributed by atoms with Crippen LogP contribution in [0.5, 0.6) is 0 Å². The molecular formula is C10H9BrF2O3. The molecule has 88 valence electrons. The summed E-state index contributed by atoms with van der Waals surface area (Å²) in [5, 5.41) is 9.82. The fraction of sp³-hybridized carbons (Fsp3) is 0.300. The first kappa shape index (κ1) is 13.1. The first-order valence-corrected chi connectivity index (χ1v) is 5.06. The molecule has 1 rings (SSSR count). The van der Waals surface area contributed by atoms with E-state index in [2.05, 4.69) is 4.74 Å². The predicted molar refractivity (Wildman–Crippen MR) is 56.2 cm³/mol. The molecule has 1 atom stereocenters. The van der Waals surface area contributed by atoms with E-state index in [0.29, 0.717) is 0 Å². The van der Waals surface area contributed by atoms with Crippen LogP contribution in [0.4, 0.5) is 8.78 Å². The average Bonchev–Trinajstić information content (AvgIpc) is 2.26. The van der Waals surface area contributed by atoms with Crippen molar-refractivity contribution in [1.82, 2.24) is 0 Å². The number of esters is 1. The lowest BCUT2D eigenvalue weighted by molar-refractivity contribution is -0.187. The summed E-state index contributed by atoms with van der Waals surface area (Å²) in [6.45, 7) is 0. The van der Waals surface area contributed by atoms with Crippen molar-refractivity contribution >= 4 is 21.9 Å². The highest BCUT2D eigenvalue weighted by molar-refractivity contribution is 9.10. The van der Waals surface area contributed by atoms with Gasteiger partial charge in [0.15, 0.2) is 0 Å². The average molecular weight is 295 g/mol. The van der Waals surface area contributed by atoms with Crippen molar-refractivity contribution in [3.63, 3.8) is 0 Å². The third kappa shape index (κ3) is 2.08. The highest BCUT2D eigenvalue weighted by Crippen LogP contribution is 2.43. The summed E-state index contributed by atoms with van der Waals surface area (Å²) < 4.78 is 30.7. The molecule has 16 heavy (non-hydrogen) atoms. The Morgan fingerprint density at radius 2 is 1.88 bits per heavy atom. The number of benzene rings is 1. The Morgan fingerprint density at radius 3 is 2.25 bits per heavy atom. The monoisotopic (exact) mass is 294 g/mol. The van der Waals surface area contributed by atoms with Crippen LogP contribution in [0, 0.1) is 0 Å². The molecule has 0 amide bonds. The summed E-state index contributed by atoms with van der Waals surface area (Å²) in [6, 6.07) is 6.87. The molecule has 0 bridgehead atoms. The molecule has 0 unspecified atom stereocenters. The first-order valence-electron chi connectivity index (χ1n) is 4.27. The smallest absolute Gasteiger partial charge is 0.350 e. The van der Waals surface area contributed by atoms with Crippen LogP contribution in [0.15, 0.2) is 30.3 Å². The van der Waals surface area contributed by atoms with Gasteiger partial charge in [-0.1, -0.05) is 30.3 Å². The first-order chi connectivity index (χ1) is 7.34. The van der Waals surface area contributed by atoms with Crippen molar-refractivity contribution in [2.24, 2.45) is 0 Å². The van der Waals surface area contributed by atoms with Crippen LogP contribution in [0.3, 0.4) is 0 Å². The van der Waals surface area contributed by atoms with Crippen molar-refractivity contribution in [3.05, 3.63) is 35.9 Å². The number of carbonyl (C=O) groups excluding carboxylic acids is 1. The maximum Gasteiger partial charge on any atom is 0.350 e. The zero-order valence-electron chi connectivity index (χ0n) is 8.28. The molecule has 0 aliphatic carbocycles. The molecule has 0 heterocycles. The lowest BCUT2D eigenvalue weighted by Crippen LogP contribution is -2.48. The van der Waals surface area contributed by atoms with E-state index in [-0.39, 0.29) is 5.56 Å². The second-order valence-corrected chi connectivity index (χ2v) is 4.06. The Morgan fingerprint density at radius 1 is 1.38 bits per heavy atom. The number of methoxy groups -OCH3 is 1. The van der Waals surface area contributed by atoms with E-state index in [0.717, 1.165) is 7.11 Å². The van der Waals surface area contributed by atoms with E-state index in [1.54, 1.807) is 6.07 Å². The predicted octanol–water partition coefficient (Wildman–Crippen LogP) is 2.03. The van der Waals surface area contributed by atoms with E-state index < -0.39 is 16.4 Å². The number of aliphatic hydroxyl groups is 1. The van der Waals surface area contributed by atoms with Crippen LogP contribution in [0.1, 0.15) is 5.56 Å². The van der Waals surface area contributed by atoms with Crippen LogP contribution in [-0.2, 0) is 15.1 Å². The topological polar surface area (TPSA) is 46.5 Å². The van der Waals surface area contributed by atoms with Gasteiger partial charge in [0.05, 0.1) is 7.11 Å². The standard InChI is InChI=1S/C10H9BrF2O3/c1-16-8(14)9(15,10(11,12)13)7-5-3-2-4-6-7/h2-6,15H,1H3/t9-/m1/s1. The lowest BCUT2D eigenvalue weighted by Gasteiger charge is -2.29. The molecule has 0 aliphatic heterocycles. The molecule has 3 nitrogen and oxygen atoms in total. The van der Waals surface area contributed by atoms with Gasteiger partial charge in [0, 0.05) is 5.56 Å². The van der Waals surface area contributed by atoms with Gasteiger partial charge in [-0.3, -0.25) is 0 Å². The number of alkyl halides is 3. The number of halogens is 3. The van der Waals surface area contributed by atoms with Crippen LogP contribution >= 0.6 is 15.9 Å². The van der Waals surface area contributed by atoms with Gasteiger partial charge in [-0.15, -0.1) is 0 Å². The number of carbonyl (C=O) groups is 1. The summed E-state index contributed by atoms with van der Waals surface area (Å²) >= 11 is 2.00. The van der Waals surface area contributed by atoms with E-state index in [9.17, 15) is 18.7 Å². The molecule has 0 spiro atoms. The van der Waals surface area contributed by atoms with Crippen LogP contribution < -0.4 is 0 Å². The maximum atomic E-state index is 13.3. The van der Waals surface area contributed by atoms with E-state index >= 15 is 0 Å². The quantitative estimate of drug-likeness (QED) is 0.685. The summed E-state index contributed by atoms with van der Waals surface area (Å²) in [4.78, 5) is 7.47. The van der Waals surface area contributed by atoms with Crippen LogP contribution in [0.2, 0.25) is 0 Å². The van der Waals surface area contributed by atoms with E-state index in [4.69, 9.17) is 0 Å². The molecule has 0 aromatic heterocycles. The van der Waals surface area contributed by atoms with Crippen LogP contribution in [-0.4, -0.2) is 23.0 Å². The summed E-state index contributed by atoms with van der Waals surface area (Å²) in [7, 11) is 0.926. The van der Waals surface area contributed by atoms with Gasteiger partial charge in [0.25, 0.3) is 5.60 Å².